The number of likely N-dealkylation sites (N-methyl/N-ethyl adjacent to an activating group) is 1. The van der Waals surface area contributed by atoms with Gasteiger partial charge in [-0.05, 0) is 50.9 Å². The second-order valence-corrected chi connectivity index (χ2v) is 5.18. The zero-order chi connectivity index (χ0) is 11.7. The molecule has 1 unspecified atom stereocenters. The van der Waals surface area contributed by atoms with Gasteiger partial charge in [0.25, 0.3) is 0 Å². The third-order valence-corrected chi connectivity index (χ3v) is 3.47. The van der Waals surface area contributed by atoms with Crippen LogP contribution in [0.1, 0.15) is 22.3 Å². The zero-order valence-corrected chi connectivity index (χ0v) is 10.8. The van der Waals surface area contributed by atoms with Crippen molar-refractivity contribution < 1.29 is 0 Å². The molecular weight excluding hydrogens is 196 g/mol. The molecule has 16 heavy (non-hydrogen) atoms. The molecule has 2 rings (SSSR count). The van der Waals surface area contributed by atoms with Crippen molar-refractivity contribution >= 4 is 0 Å². The Morgan fingerprint density at radius 3 is 2.38 bits per heavy atom. The SMILES string of the molecule is Cc1cc(C)c(CC2CN(C)CN2)c(C)c1. The lowest BCUT2D eigenvalue weighted by Crippen LogP contribution is -2.26. The van der Waals surface area contributed by atoms with E-state index in [1.165, 1.54) is 22.3 Å². The summed E-state index contributed by atoms with van der Waals surface area (Å²) in [5.41, 5.74) is 5.77. The molecule has 1 saturated heterocycles. The first kappa shape index (κ1) is 11.6. The highest BCUT2D eigenvalue weighted by Gasteiger charge is 2.20. The van der Waals surface area contributed by atoms with Crippen LogP contribution in [0.2, 0.25) is 0 Å². The minimum Gasteiger partial charge on any atom is -0.300 e. The van der Waals surface area contributed by atoms with Crippen LogP contribution in [-0.4, -0.2) is 31.2 Å². The van der Waals surface area contributed by atoms with Crippen molar-refractivity contribution in [2.45, 2.75) is 33.2 Å². The van der Waals surface area contributed by atoms with E-state index in [2.05, 4.69) is 50.2 Å². The van der Waals surface area contributed by atoms with Gasteiger partial charge in [-0.2, -0.15) is 0 Å². The first-order valence-electron chi connectivity index (χ1n) is 6.05. The number of benzene rings is 1. The van der Waals surface area contributed by atoms with Crippen molar-refractivity contribution in [2.24, 2.45) is 0 Å². The smallest absolute Gasteiger partial charge is 0.0480 e. The van der Waals surface area contributed by atoms with Crippen LogP contribution in [0.4, 0.5) is 0 Å². The number of hydrogen-bond acceptors (Lipinski definition) is 2. The molecule has 1 aliphatic heterocycles. The Balaban J connectivity index is 2.15. The summed E-state index contributed by atoms with van der Waals surface area (Å²) in [6.45, 7) is 8.81. The molecule has 2 heteroatoms. The van der Waals surface area contributed by atoms with Gasteiger partial charge in [0.1, 0.15) is 0 Å². The molecule has 0 aliphatic carbocycles. The molecule has 0 saturated carbocycles. The normalized spacial score (nSPS) is 21.6. The van der Waals surface area contributed by atoms with Crippen LogP contribution in [0.25, 0.3) is 0 Å². The van der Waals surface area contributed by atoms with Crippen molar-refractivity contribution in [3.8, 4) is 0 Å². The largest absolute Gasteiger partial charge is 0.300 e. The lowest BCUT2D eigenvalue weighted by molar-refractivity contribution is 0.406. The molecule has 0 amide bonds. The van der Waals surface area contributed by atoms with E-state index in [1.54, 1.807) is 0 Å². The predicted molar refractivity (Wildman–Crippen MR) is 68.8 cm³/mol. The Labute approximate surface area is 98.7 Å². The van der Waals surface area contributed by atoms with Gasteiger partial charge in [0.2, 0.25) is 0 Å². The van der Waals surface area contributed by atoms with Gasteiger partial charge in [-0.15, -0.1) is 0 Å². The van der Waals surface area contributed by atoms with Gasteiger partial charge in [-0.3, -0.25) is 10.2 Å². The van der Waals surface area contributed by atoms with Gasteiger partial charge >= 0.3 is 0 Å². The van der Waals surface area contributed by atoms with E-state index in [0.717, 1.165) is 19.6 Å². The highest BCUT2D eigenvalue weighted by molar-refractivity contribution is 5.38. The fourth-order valence-corrected chi connectivity index (χ4v) is 2.71. The number of hydrogen-bond donors (Lipinski definition) is 1. The van der Waals surface area contributed by atoms with Crippen LogP contribution >= 0.6 is 0 Å². The van der Waals surface area contributed by atoms with Crippen LogP contribution < -0.4 is 5.32 Å². The van der Waals surface area contributed by atoms with Gasteiger partial charge in [0, 0.05) is 19.3 Å². The maximum absolute atomic E-state index is 3.55. The first-order valence-corrected chi connectivity index (χ1v) is 6.05. The second-order valence-electron chi connectivity index (χ2n) is 5.18. The summed E-state index contributed by atoms with van der Waals surface area (Å²) < 4.78 is 0. The number of nitrogens with zero attached hydrogens (tertiary/aromatic N) is 1. The molecule has 1 fully saturated rings. The van der Waals surface area contributed by atoms with Gasteiger partial charge in [-0.1, -0.05) is 17.7 Å². The monoisotopic (exact) mass is 218 g/mol. The van der Waals surface area contributed by atoms with Crippen LogP contribution in [0.15, 0.2) is 12.1 Å². The molecule has 1 aromatic carbocycles. The van der Waals surface area contributed by atoms with E-state index in [1.807, 2.05) is 0 Å². The van der Waals surface area contributed by atoms with Crippen molar-refractivity contribution in [3.63, 3.8) is 0 Å². The summed E-state index contributed by atoms with van der Waals surface area (Å²) in [5.74, 6) is 0. The minimum atomic E-state index is 0.616. The third kappa shape index (κ3) is 2.45. The Morgan fingerprint density at radius 1 is 1.25 bits per heavy atom. The summed E-state index contributed by atoms with van der Waals surface area (Å²) in [4.78, 5) is 2.34. The van der Waals surface area contributed by atoms with E-state index < -0.39 is 0 Å². The van der Waals surface area contributed by atoms with Crippen LogP contribution in [0, 0.1) is 20.8 Å². The van der Waals surface area contributed by atoms with E-state index in [0.29, 0.717) is 6.04 Å². The number of nitrogens with one attached hydrogen (secondary N) is 1. The Morgan fingerprint density at radius 2 is 1.88 bits per heavy atom. The molecule has 1 atom stereocenters. The molecule has 88 valence electrons. The van der Waals surface area contributed by atoms with E-state index in [4.69, 9.17) is 0 Å². The Bertz CT molecular complexity index is 361. The average Bonchev–Trinajstić information content (AvgIpc) is 2.58. The standard InChI is InChI=1S/C14H22N2/c1-10-5-11(2)14(12(3)6-10)7-13-8-16(4)9-15-13/h5-6,13,15H,7-9H2,1-4H3. The molecule has 1 aliphatic rings. The van der Waals surface area contributed by atoms with E-state index in [9.17, 15) is 0 Å². The van der Waals surface area contributed by atoms with Crippen molar-refractivity contribution in [2.75, 3.05) is 20.3 Å². The summed E-state index contributed by atoms with van der Waals surface area (Å²) in [5, 5.41) is 3.55. The molecule has 1 heterocycles. The van der Waals surface area contributed by atoms with Crippen molar-refractivity contribution in [1.82, 2.24) is 10.2 Å². The maximum atomic E-state index is 3.55. The highest BCUT2D eigenvalue weighted by Crippen LogP contribution is 2.19. The average molecular weight is 218 g/mol. The fourth-order valence-electron chi connectivity index (χ4n) is 2.71. The summed E-state index contributed by atoms with van der Waals surface area (Å²) >= 11 is 0. The second kappa shape index (κ2) is 4.56. The lowest BCUT2D eigenvalue weighted by Gasteiger charge is -2.15. The van der Waals surface area contributed by atoms with Gasteiger partial charge in [0.15, 0.2) is 0 Å². The molecule has 2 nitrogen and oxygen atoms in total. The fraction of sp³-hybridized carbons (Fsp3) is 0.571. The molecule has 0 bridgehead atoms. The number of rotatable bonds is 2. The third-order valence-electron chi connectivity index (χ3n) is 3.47. The molecule has 0 radical (unpaired) electrons. The Kier molecular flexibility index (Phi) is 3.31. The molecule has 1 aromatic rings. The van der Waals surface area contributed by atoms with Crippen LogP contribution in [0.5, 0.6) is 0 Å². The van der Waals surface area contributed by atoms with E-state index >= 15 is 0 Å². The summed E-state index contributed by atoms with van der Waals surface area (Å²) in [7, 11) is 2.17. The molecule has 1 N–H and O–H groups in total. The molecular formula is C14H22N2. The molecule has 0 aromatic heterocycles. The maximum Gasteiger partial charge on any atom is 0.0480 e. The van der Waals surface area contributed by atoms with Crippen molar-refractivity contribution in [3.05, 3.63) is 34.4 Å². The predicted octanol–water partition coefficient (Wildman–Crippen LogP) is 2.02. The van der Waals surface area contributed by atoms with Gasteiger partial charge in [-0.25, -0.2) is 0 Å². The quantitative estimate of drug-likeness (QED) is 0.817. The van der Waals surface area contributed by atoms with Crippen LogP contribution in [-0.2, 0) is 6.42 Å². The van der Waals surface area contributed by atoms with E-state index in [-0.39, 0.29) is 0 Å². The lowest BCUT2D eigenvalue weighted by atomic mass is 9.94. The minimum absolute atomic E-state index is 0.616. The Hall–Kier alpha value is -0.860. The number of aryl methyl sites for hydroxylation is 3. The topological polar surface area (TPSA) is 15.3 Å². The van der Waals surface area contributed by atoms with Gasteiger partial charge < -0.3 is 0 Å². The molecule has 0 spiro atoms. The zero-order valence-electron chi connectivity index (χ0n) is 10.8. The first-order chi connectivity index (χ1) is 7.56. The van der Waals surface area contributed by atoms with Crippen LogP contribution in [0.3, 0.4) is 0 Å². The highest BCUT2D eigenvalue weighted by atomic mass is 15.3. The van der Waals surface area contributed by atoms with Crippen molar-refractivity contribution in [1.29, 1.82) is 0 Å². The summed E-state index contributed by atoms with van der Waals surface area (Å²) in [6, 6.07) is 5.20. The summed E-state index contributed by atoms with van der Waals surface area (Å²) in [6.07, 6.45) is 1.16. The van der Waals surface area contributed by atoms with Gasteiger partial charge in [0.05, 0.1) is 0 Å².